The van der Waals surface area contributed by atoms with Crippen LogP contribution >= 0.6 is 0 Å². The smallest absolute Gasteiger partial charge is 0.00105 e. The van der Waals surface area contributed by atoms with Crippen LogP contribution in [0.2, 0.25) is 0 Å². The van der Waals surface area contributed by atoms with Crippen molar-refractivity contribution in [3.8, 4) is 0 Å². The maximum absolute atomic E-state index is 3.40. The van der Waals surface area contributed by atoms with E-state index in [1.54, 1.807) is 0 Å². The monoisotopic (exact) mass is 217 g/mol. The molecular weight excluding hydrogens is 194 g/mol. The molecule has 1 heteroatoms. The molecule has 0 amide bonds. The van der Waals surface area contributed by atoms with Gasteiger partial charge in [-0.2, -0.15) is 0 Å². The van der Waals surface area contributed by atoms with Crippen molar-refractivity contribution in [1.29, 1.82) is 0 Å². The van der Waals surface area contributed by atoms with Crippen molar-refractivity contribution < 1.29 is 0 Å². The second-order valence-corrected chi connectivity index (χ2v) is 4.56. The number of rotatable bonds is 6. The number of allylic oxidation sites excluding steroid dienone is 1. The average Bonchev–Trinajstić information content (AvgIpc) is 2.23. The summed E-state index contributed by atoms with van der Waals surface area (Å²) in [6.07, 6.45) is 6.68. The van der Waals surface area contributed by atoms with Crippen LogP contribution in [-0.2, 0) is 6.42 Å². The summed E-state index contributed by atoms with van der Waals surface area (Å²) >= 11 is 0. The van der Waals surface area contributed by atoms with Crippen LogP contribution < -0.4 is 5.32 Å². The Kier molecular flexibility index (Phi) is 5.87. The van der Waals surface area contributed by atoms with Crippen molar-refractivity contribution in [3.05, 3.63) is 47.5 Å². The molecule has 0 saturated heterocycles. The Hall–Kier alpha value is -1.08. The molecule has 16 heavy (non-hydrogen) atoms. The summed E-state index contributed by atoms with van der Waals surface area (Å²) in [5.74, 6) is 0. The third-order valence-corrected chi connectivity index (χ3v) is 2.47. The Labute approximate surface area is 99.6 Å². The van der Waals surface area contributed by atoms with Gasteiger partial charge in [0.1, 0.15) is 0 Å². The predicted octanol–water partition coefficient (Wildman–Crippen LogP) is 3.48. The first-order chi connectivity index (χ1) is 7.68. The highest BCUT2D eigenvalue weighted by molar-refractivity contribution is 5.23. The Bertz CT molecular complexity index is 326. The molecule has 1 rings (SSSR count). The Morgan fingerprint density at radius 3 is 2.75 bits per heavy atom. The van der Waals surface area contributed by atoms with E-state index >= 15 is 0 Å². The van der Waals surface area contributed by atoms with E-state index in [0.717, 1.165) is 19.4 Å². The second kappa shape index (κ2) is 7.24. The van der Waals surface area contributed by atoms with Crippen LogP contribution in [0, 0.1) is 6.92 Å². The van der Waals surface area contributed by atoms with Crippen LogP contribution in [0.25, 0.3) is 0 Å². The van der Waals surface area contributed by atoms with E-state index in [2.05, 4.69) is 62.5 Å². The highest BCUT2D eigenvalue weighted by atomic mass is 14.9. The van der Waals surface area contributed by atoms with Crippen LogP contribution in [-0.4, -0.2) is 12.6 Å². The highest BCUT2D eigenvalue weighted by Gasteiger charge is 1.90. The van der Waals surface area contributed by atoms with Gasteiger partial charge in [0.25, 0.3) is 0 Å². The Morgan fingerprint density at radius 2 is 2.06 bits per heavy atom. The molecule has 0 bridgehead atoms. The van der Waals surface area contributed by atoms with Crippen molar-refractivity contribution in [1.82, 2.24) is 5.32 Å². The molecule has 0 fully saturated rings. The molecule has 0 aliphatic carbocycles. The van der Waals surface area contributed by atoms with Gasteiger partial charge in [0.2, 0.25) is 0 Å². The molecule has 1 aromatic rings. The fourth-order valence-corrected chi connectivity index (χ4v) is 1.63. The molecule has 1 N–H and O–H groups in total. The molecule has 0 spiro atoms. The molecule has 0 heterocycles. The third-order valence-electron chi connectivity index (χ3n) is 2.47. The van der Waals surface area contributed by atoms with E-state index in [0.29, 0.717) is 6.04 Å². The molecule has 0 unspecified atom stereocenters. The Balaban J connectivity index is 2.21. The van der Waals surface area contributed by atoms with Crippen LogP contribution in [0.1, 0.15) is 31.4 Å². The summed E-state index contributed by atoms with van der Waals surface area (Å²) < 4.78 is 0. The van der Waals surface area contributed by atoms with E-state index in [-0.39, 0.29) is 0 Å². The first kappa shape index (κ1) is 13.0. The van der Waals surface area contributed by atoms with E-state index in [1.807, 2.05) is 0 Å². The fourth-order valence-electron chi connectivity index (χ4n) is 1.63. The number of nitrogens with one attached hydrogen (secondary N) is 1. The molecule has 1 nitrogen and oxygen atoms in total. The number of hydrogen-bond donors (Lipinski definition) is 1. The maximum atomic E-state index is 3.40. The van der Waals surface area contributed by atoms with Crippen molar-refractivity contribution >= 4 is 0 Å². The average molecular weight is 217 g/mol. The zero-order valence-corrected chi connectivity index (χ0v) is 10.7. The maximum Gasteiger partial charge on any atom is 0.00105 e. The lowest BCUT2D eigenvalue weighted by Gasteiger charge is -2.04. The summed E-state index contributed by atoms with van der Waals surface area (Å²) in [5, 5.41) is 3.40. The summed E-state index contributed by atoms with van der Waals surface area (Å²) in [5.41, 5.74) is 2.74. The summed E-state index contributed by atoms with van der Waals surface area (Å²) in [4.78, 5) is 0. The SMILES string of the molecule is Cc1cccc(CC=CCCNC(C)C)c1. The highest BCUT2D eigenvalue weighted by Crippen LogP contribution is 2.05. The largest absolute Gasteiger partial charge is 0.314 e. The lowest BCUT2D eigenvalue weighted by atomic mass is 10.1. The number of hydrogen-bond acceptors (Lipinski definition) is 1. The normalized spacial score (nSPS) is 11.5. The zero-order chi connectivity index (χ0) is 11.8. The van der Waals surface area contributed by atoms with Gasteiger partial charge in [-0.15, -0.1) is 0 Å². The van der Waals surface area contributed by atoms with Crippen molar-refractivity contribution in [2.45, 2.75) is 39.7 Å². The van der Waals surface area contributed by atoms with Gasteiger partial charge in [-0.25, -0.2) is 0 Å². The molecule has 1 aromatic carbocycles. The lowest BCUT2D eigenvalue weighted by Crippen LogP contribution is -2.23. The molecule has 0 aromatic heterocycles. The minimum absolute atomic E-state index is 0.588. The van der Waals surface area contributed by atoms with Crippen LogP contribution in [0.15, 0.2) is 36.4 Å². The zero-order valence-electron chi connectivity index (χ0n) is 10.7. The summed E-state index contributed by atoms with van der Waals surface area (Å²) in [6.45, 7) is 7.56. The van der Waals surface area contributed by atoms with Gasteiger partial charge in [0, 0.05) is 6.04 Å². The second-order valence-electron chi connectivity index (χ2n) is 4.56. The van der Waals surface area contributed by atoms with Gasteiger partial charge in [0.05, 0.1) is 0 Å². The fraction of sp³-hybridized carbons (Fsp3) is 0.467. The van der Waals surface area contributed by atoms with E-state index in [4.69, 9.17) is 0 Å². The van der Waals surface area contributed by atoms with Gasteiger partial charge < -0.3 is 5.32 Å². The van der Waals surface area contributed by atoms with Crippen molar-refractivity contribution in [3.63, 3.8) is 0 Å². The third kappa shape index (κ3) is 5.72. The van der Waals surface area contributed by atoms with E-state index in [1.165, 1.54) is 11.1 Å². The standard InChI is InChI=1S/C15H23N/c1-13(2)16-11-6-4-5-9-15-10-7-8-14(3)12-15/h4-5,7-8,10,12-13,16H,6,9,11H2,1-3H3. The van der Waals surface area contributed by atoms with Gasteiger partial charge in [0.15, 0.2) is 0 Å². The molecule has 0 aliphatic heterocycles. The van der Waals surface area contributed by atoms with Crippen molar-refractivity contribution in [2.24, 2.45) is 0 Å². The van der Waals surface area contributed by atoms with E-state index in [9.17, 15) is 0 Å². The van der Waals surface area contributed by atoms with Crippen LogP contribution in [0.3, 0.4) is 0 Å². The van der Waals surface area contributed by atoms with Gasteiger partial charge in [-0.05, 0) is 31.9 Å². The van der Waals surface area contributed by atoms with Crippen LogP contribution in [0.4, 0.5) is 0 Å². The number of aryl methyl sites for hydroxylation is 1. The van der Waals surface area contributed by atoms with Gasteiger partial charge >= 0.3 is 0 Å². The Morgan fingerprint density at radius 1 is 1.25 bits per heavy atom. The quantitative estimate of drug-likeness (QED) is 0.568. The molecule has 0 radical (unpaired) electrons. The minimum atomic E-state index is 0.588. The lowest BCUT2D eigenvalue weighted by molar-refractivity contribution is 0.594. The van der Waals surface area contributed by atoms with Crippen molar-refractivity contribution in [2.75, 3.05) is 6.54 Å². The van der Waals surface area contributed by atoms with Crippen LogP contribution in [0.5, 0.6) is 0 Å². The first-order valence-electron chi connectivity index (χ1n) is 6.12. The molecule has 0 saturated carbocycles. The first-order valence-corrected chi connectivity index (χ1v) is 6.12. The molecule has 0 atom stereocenters. The topological polar surface area (TPSA) is 12.0 Å². The molecule has 0 aliphatic rings. The minimum Gasteiger partial charge on any atom is -0.314 e. The summed E-state index contributed by atoms with van der Waals surface area (Å²) in [7, 11) is 0. The molecular formula is C15H23N. The van der Waals surface area contributed by atoms with Gasteiger partial charge in [-0.3, -0.25) is 0 Å². The summed E-state index contributed by atoms with van der Waals surface area (Å²) in [6, 6.07) is 9.28. The van der Waals surface area contributed by atoms with Gasteiger partial charge in [-0.1, -0.05) is 55.8 Å². The van der Waals surface area contributed by atoms with E-state index < -0.39 is 0 Å². The molecule has 88 valence electrons. The predicted molar refractivity (Wildman–Crippen MR) is 71.8 cm³/mol. The number of benzene rings is 1.